The number of sulfonamides is 1. The summed E-state index contributed by atoms with van der Waals surface area (Å²) >= 11 is 0. The Kier molecular flexibility index (Phi) is 5.37. The molecule has 0 atom stereocenters. The van der Waals surface area contributed by atoms with Crippen molar-refractivity contribution in [1.82, 2.24) is 5.32 Å². The third-order valence-electron chi connectivity index (χ3n) is 3.13. The zero-order chi connectivity index (χ0) is 17.7. The molecule has 0 spiro atoms. The molecular formula is C15H16N2O6S. The number of primary sulfonamides is 1. The van der Waals surface area contributed by atoms with Crippen LogP contribution in [0.4, 0.5) is 0 Å². The number of esters is 1. The standard InChI is InChI=1S/C15H16N2O6S/c1-10-4-2-3-5-11(10)8-17-13(18)9-22-15(19)12-6-7-14(23-12)24(16,20)21/h2-7H,8-9H2,1H3,(H,17,18)(H2,16,20,21). The van der Waals surface area contributed by atoms with E-state index >= 15 is 0 Å². The highest BCUT2D eigenvalue weighted by atomic mass is 32.2. The number of ether oxygens (including phenoxy) is 1. The van der Waals surface area contributed by atoms with E-state index in [1.165, 1.54) is 0 Å². The van der Waals surface area contributed by atoms with Gasteiger partial charge in [-0.25, -0.2) is 18.4 Å². The van der Waals surface area contributed by atoms with Gasteiger partial charge in [-0.1, -0.05) is 24.3 Å². The van der Waals surface area contributed by atoms with E-state index in [4.69, 9.17) is 14.3 Å². The van der Waals surface area contributed by atoms with Crippen LogP contribution < -0.4 is 10.5 Å². The first-order chi connectivity index (χ1) is 11.3. The average molecular weight is 352 g/mol. The molecule has 0 aliphatic rings. The van der Waals surface area contributed by atoms with Crippen LogP contribution >= 0.6 is 0 Å². The Labute approximate surface area is 138 Å². The second kappa shape index (κ2) is 7.28. The van der Waals surface area contributed by atoms with Crippen LogP contribution in [-0.4, -0.2) is 26.9 Å². The number of benzene rings is 1. The topological polar surface area (TPSA) is 129 Å². The number of hydrogen-bond donors (Lipinski definition) is 2. The molecule has 1 amide bonds. The number of rotatable bonds is 6. The van der Waals surface area contributed by atoms with E-state index in [0.717, 1.165) is 23.3 Å². The van der Waals surface area contributed by atoms with Gasteiger partial charge in [0.15, 0.2) is 6.61 Å². The predicted molar refractivity (Wildman–Crippen MR) is 83.4 cm³/mol. The normalized spacial score (nSPS) is 11.1. The van der Waals surface area contributed by atoms with Gasteiger partial charge in [0.2, 0.25) is 10.9 Å². The van der Waals surface area contributed by atoms with Gasteiger partial charge in [0.25, 0.3) is 15.9 Å². The molecular weight excluding hydrogens is 336 g/mol. The lowest BCUT2D eigenvalue weighted by atomic mass is 10.1. The summed E-state index contributed by atoms with van der Waals surface area (Å²) in [6.07, 6.45) is 0. The smallest absolute Gasteiger partial charge is 0.374 e. The first-order valence-electron chi connectivity index (χ1n) is 6.88. The van der Waals surface area contributed by atoms with E-state index in [2.05, 4.69) is 5.32 Å². The number of nitrogens with one attached hydrogen (secondary N) is 1. The van der Waals surface area contributed by atoms with Crippen LogP contribution in [0, 0.1) is 6.92 Å². The number of nitrogens with two attached hydrogens (primary N) is 1. The van der Waals surface area contributed by atoms with Crippen molar-refractivity contribution in [2.45, 2.75) is 18.6 Å². The molecule has 0 saturated carbocycles. The number of aryl methyl sites for hydroxylation is 1. The third kappa shape index (κ3) is 4.67. The van der Waals surface area contributed by atoms with Crippen LogP contribution in [0.15, 0.2) is 45.9 Å². The Morgan fingerprint density at radius 2 is 1.92 bits per heavy atom. The molecule has 0 radical (unpaired) electrons. The van der Waals surface area contributed by atoms with Crippen molar-refractivity contribution in [1.29, 1.82) is 0 Å². The average Bonchev–Trinajstić information content (AvgIpc) is 3.02. The fourth-order valence-electron chi connectivity index (χ4n) is 1.84. The van der Waals surface area contributed by atoms with Crippen LogP contribution in [0.2, 0.25) is 0 Å². The van der Waals surface area contributed by atoms with Crippen molar-refractivity contribution in [2.75, 3.05) is 6.61 Å². The zero-order valence-electron chi connectivity index (χ0n) is 12.8. The number of hydrogen-bond acceptors (Lipinski definition) is 6. The second-order valence-corrected chi connectivity index (χ2v) is 6.44. The quantitative estimate of drug-likeness (QED) is 0.737. The Bertz CT molecular complexity index is 856. The van der Waals surface area contributed by atoms with E-state index in [9.17, 15) is 18.0 Å². The predicted octanol–water partition coefficient (Wildman–Crippen LogP) is 0.709. The Balaban J connectivity index is 1.84. The molecule has 24 heavy (non-hydrogen) atoms. The van der Waals surface area contributed by atoms with Gasteiger partial charge in [-0.3, -0.25) is 4.79 Å². The molecule has 1 aromatic heterocycles. The molecule has 0 bridgehead atoms. The molecule has 8 nitrogen and oxygen atoms in total. The van der Waals surface area contributed by atoms with Gasteiger partial charge in [-0.2, -0.15) is 0 Å². The van der Waals surface area contributed by atoms with Crippen LogP contribution in [-0.2, 0) is 26.1 Å². The van der Waals surface area contributed by atoms with Crippen LogP contribution in [0.3, 0.4) is 0 Å². The monoisotopic (exact) mass is 352 g/mol. The highest BCUT2D eigenvalue weighted by Crippen LogP contribution is 2.13. The van der Waals surface area contributed by atoms with E-state index < -0.39 is 33.6 Å². The summed E-state index contributed by atoms with van der Waals surface area (Å²) in [5.41, 5.74) is 1.97. The number of furan rings is 1. The number of carbonyl (C=O) groups excluding carboxylic acids is 2. The largest absolute Gasteiger partial charge is 0.450 e. The maximum absolute atomic E-state index is 11.7. The van der Waals surface area contributed by atoms with Gasteiger partial charge in [0, 0.05) is 6.54 Å². The number of carbonyl (C=O) groups is 2. The third-order valence-corrected chi connectivity index (χ3v) is 3.91. The summed E-state index contributed by atoms with van der Waals surface area (Å²) in [6, 6.07) is 9.67. The highest BCUT2D eigenvalue weighted by Gasteiger charge is 2.19. The Morgan fingerprint density at radius 3 is 2.54 bits per heavy atom. The highest BCUT2D eigenvalue weighted by molar-refractivity contribution is 7.89. The summed E-state index contributed by atoms with van der Waals surface area (Å²) in [4.78, 5) is 23.4. The lowest BCUT2D eigenvalue weighted by molar-refractivity contribution is -0.124. The fourth-order valence-corrected chi connectivity index (χ4v) is 2.30. The molecule has 128 valence electrons. The molecule has 1 aromatic carbocycles. The van der Waals surface area contributed by atoms with Gasteiger partial charge in [0.1, 0.15) is 0 Å². The molecule has 2 rings (SSSR count). The lowest BCUT2D eigenvalue weighted by Gasteiger charge is -2.08. The Morgan fingerprint density at radius 1 is 1.21 bits per heavy atom. The lowest BCUT2D eigenvalue weighted by Crippen LogP contribution is -2.28. The molecule has 0 aliphatic heterocycles. The van der Waals surface area contributed by atoms with Gasteiger partial charge < -0.3 is 14.5 Å². The molecule has 3 N–H and O–H groups in total. The molecule has 0 fully saturated rings. The molecule has 0 saturated heterocycles. The van der Waals surface area contributed by atoms with E-state index in [0.29, 0.717) is 6.54 Å². The van der Waals surface area contributed by atoms with E-state index in [1.807, 2.05) is 31.2 Å². The summed E-state index contributed by atoms with van der Waals surface area (Å²) < 4.78 is 31.6. The van der Waals surface area contributed by atoms with E-state index in [-0.39, 0.29) is 5.76 Å². The summed E-state index contributed by atoms with van der Waals surface area (Å²) in [6.45, 7) is 1.71. The van der Waals surface area contributed by atoms with Crippen molar-refractivity contribution in [3.63, 3.8) is 0 Å². The summed E-state index contributed by atoms with van der Waals surface area (Å²) in [5, 5.41) is 6.92. The van der Waals surface area contributed by atoms with Gasteiger partial charge in [0.05, 0.1) is 0 Å². The molecule has 0 unspecified atom stereocenters. The number of amides is 1. The minimum atomic E-state index is -4.04. The summed E-state index contributed by atoms with van der Waals surface area (Å²) in [5.74, 6) is -1.81. The molecule has 2 aromatic rings. The van der Waals surface area contributed by atoms with Crippen molar-refractivity contribution in [3.05, 3.63) is 53.3 Å². The second-order valence-electron chi connectivity index (χ2n) is 4.94. The molecule has 0 aliphatic carbocycles. The van der Waals surface area contributed by atoms with Crippen molar-refractivity contribution in [2.24, 2.45) is 5.14 Å². The minimum Gasteiger partial charge on any atom is -0.450 e. The maximum Gasteiger partial charge on any atom is 0.374 e. The van der Waals surface area contributed by atoms with Crippen molar-refractivity contribution < 1.29 is 27.2 Å². The first kappa shape index (κ1) is 17.7. The van der Waals surface area contributed by atoms with E-state index in [1.54, 1.807) is 0 Å². The zero-order valence-corrected chi connectivity index (χ0v) is 13.6. The first-order valence-corrected chi connectivity index (χ1v) is 8.43. The van der Waals surface area contributed by atoms with Crippen LogP contribution in [0.25, 0.3) is 0 Å². The van der Waals surface area contributed by atoms with Crippen LogP contribution in [0.1, 0.15) is 21.7 Å². The van der Waals surface area contributed by atoms with Gasteiger partial charge >= 0.3 is 5.97 Å². The minimum absolute atomic E-state index is 0.305. The van der Waals surface area contributed by atoms with Crippen LogP contribution in [0.5, 0.6) is 0 Å². The molecule has 9 heteroatoms. The summed E-state index contributed by atoms with van der Waals surface area (Å²) in [7, 11) is -4.04. The molecule has 1 heterocycles. The van der Waals surface area contributed by atoms with Crippen molar-refractivity contribution in [3.8, 4) is 0 Å². The van der Waals surface area contributed by atoms with Gasteiger partial charge in [-0.15, -0.1) is 0 Å². The maximum atomic E-state index is 11.7. The Hall–Kier alpha value is -2.65. The van der Waals surface area contributed by atoms with Crippen molar-refractivity contribution >= 4 is 21.9 Å². The van der Waals surface area contributed by atoms with Gasteiger partial charge in [-0.05, 0) is 30.2 Å². The fraction of sp³-hybridized carbons (Fsp3) is 0.200. The SMILES string of the molecule is Cc1ccccc1CNC(=O)COC(=O)c1ccc(S(N)(=O)=O)o1.